The van der Waals surface area contributed by atoms with E-state index < -0.39 is 0 Å². The SMILES string of the molecule is NCc1cc(Cl)cc(C(=O)Nc2cccc(C3CCNCC3)c2)c1. The third-order valence-corrected chi connectivity index (χ3v) is 4.63. The van der Waals surface area contributed by atoms with Gasteiger partial charge in [-0.15, -0.1) is 0 Å². The van der Waals surface area contributed by atoms with Gasteiger partial charge in [0.05, 0.1) is 0 Å². The first-order valence-electron chi connectivity index (χ1n) is 8.27. The second-order valence-electron chi connectivity index (χ2n) is 6.16. The zero-order valence-corrected chi connectivity index (χ0v) is 14.3. The summed E-state index contributed by atoms with van der Waals surface area (Å²) in [5, 5.41) is 6.86. The average Bonchev–Trinajstić information content (AvgIpc) is 2.62. The molecule has 0 aromatic heterocycles. The molecule has 3 rings (SSSR count). The molecule has 24 heavy (non-hydrogen) atoms. The minimum atomic E-state index is -0.172. The summed E-state index contributed by atoms with van der Waals surface area (Å²) in [5.74, 6) is 0.382. The van der Waals surface area contributed by atoms with E-state index in [4.69, 9.17) is 17.3 Å². The van der Waals surface area contributed by atoms with Crippen LogP contribution >= 0.6 is 11.6 Å². The van der Waals surface area contributed by atoms with Gasteiger partial charge in [-0.2, -0.15) is 0 Å². The molecular weight excluding hydrogens is 322 g/mol. The molecule has 0 saturated carbocycles. The number of nitrogens with one attached hydrogen (secondary N) is 2. The largest absolute Gasteiger partial charge is 0.326 e. The van der Waals surface area contributed by atoms with Gasteiger partial charge in [0.15, 0.2) is 0 Å². The lowest BCUT2D eigenvalue weighted by atomic mass is 9.90. The van der Waals surface area contributed by atoms with E-state index in [0.717, 1.165) is 37.2 Å². The Morgan fingerprint density at radius 2 is 2.00 bits per heavy atom. The van der Waals surface area contributed by atoms with E-state index in [1.165, 1.54) is 5.56 Å². The summed E-state index contributed by atoms with van der Waals surface area (Å²) in [7, 11) is 0. The molecule has 0 aliphatic carbocycles. The van der Waals surface area contributed by atoms with E-state index in [0.29, 0.717) is 23.0 Å². The molecule has 0 radical (unpaired) electrons. The molecule has 2 aromatic rings. The first kappa shape index (κ1) is 17.0. The van der Waals surface area contributed by atoms with Crippen molar-refractivity contribution in [3.05, 3.63) is 64.2 Å². The van der Waals surface area contributed by atoms with Crippen LogP contribution < -0.4 is 16.4 Å². The number of anilines is 1. The predicted molar refractivity (Wildman–Crippen MR) is 98.6 cm³/mol. The Hall–Kier alpha value is -1.88. The van der Waals surface area contributed by atoms with Crippen LogP contribution in [0.4, 0.5) is 5.69 Å². The molecule has 2 aromatic carbocycles. The Kier molecular flexibility index (Phi) is 5.51. The Morgan fingerprint density at radius 1 is 1.21 bits per heavy atom. The normalized spacial score (nSPS) is 15.2. The van der Waals surface area contributed by atoms with Crippen molar-refractivity contribution in [3.63, 3.8) is 0 Å². The van der Waals surface area contributed by atoms with Crippen LogP contribution in [0.25, 0.3) is 0 Å². The number of nitrogens with two attached hydrogens (primary N) is 1. The van der Waals surface area contributed by atoms with E-state index in [9.17, 15) is 4.79 Å². The lowest BCUT2D eigenvalue weighted by Gasteiger charge is -2.23. The van der Waals surface area contributed by atoms with Crippen molar-refractivity contribution in [2.24, 2.45) is 5.73 Å². The van der Waals surface area contributed by atoms with Gasteiger partial charge in [-0.3, -0.25) is 4.79 Å². The number of carbonyl (C=O) groups is 1. The smallest absolute Gasteiger partial charge is 0.255 e. The van der Waals surface area contributed by atoms with Crippen molar-refractivity contribution in [2.75, 3.05) is 18.4 Å². The van der Waals surface area contributed by atoms with Gasteiger partial charge in [-0.1, -0.05) is 23.7 Å². The summed E-state index contributed by atoms with van der Waals surface area (Å²) in [6.45, 7) is 2.45. The van der Waals surface area contributed by atoms with Gasteiger partial charge in [-0.25, -0.2) is 0 Å². The molecule has 126 valence electrons. The highest BCUT2D eigenvalue weighted by molar-refractivity contribution is 6.31. The van der Waals surface area contributed by atoms with Crippen molar-refractivity contribution < 1.29 is 4.79 Å². The van der Waals surface area contributed by atoms with Crippen molar-refractivity contribution in [1.29, 1.82) is 0 Å². The maximum atomic E-state index is 12.5. The maximum absolute atomic E-state index is 12.5. The number of hydrogen-bond acceptors (Lipinski definition) is 3. The molecule has 1 aliphatic rings. The Balaban J connectivity index is 1.75. The molecule has 0 bridgehead atoms. The second kappa shape index (κ2) is 7.79. The fourth-order valence-corrected chi connectivity index (χ4v) is 3.39. The van der Waals surface area contributed by atoms with Gasteiger partial charge in [0.1, 0.15) is 0 Å². The predicted octanol–water partition coefficient (Wildman–Crippen LogP) is 3.52. The minimum absolute atomic E-state index is 0.172. The van der Waals surface area contributed by atoms with Crippen molar-refractivity contribution >= 4 is 23.2 Å². The lowest BCUT2D eigenvalue weighted by Crippen LogP contribution is -2.26. The van der Waals surface area contributed by atoms with Gasteiger partial charge in [0, 0.05) is 22.8 Å². The number of carbonyl (C=O) groups excluding carboxylic acids is 1. The molecule has 1 aliphatic heterocycles. The van der Waals surface area contributed by atoms with Crippen LogP contribution in [-0.2, 0) is 6.54 Å². The van der Waals surface area contributed by atoms with Crippen molar-refractivity contribution in [2.45, 2.75) is 25.3 Å². The van der Waals surface area contributed by atoms with Gasteiger partial charge >= 0.3 is 0 Å². The van der Waals surface area contributed by atoms with Crippen LogP contribution in [-0.4, -0.2) is 19.0 Å². The monoisotopic (exact) mass is 343 g/mol. The summed E-state index contributed by atoms with van der Waals surface area (Å²) in [4.78, 5) is 12.5. The lowest BCUT2D eigenvalue weighted by molar-refractivity contribution is 0.102. The summed E-state index contributed by atoms with van der Waals surface area (Å²) < 4.78 is 0. The molecule has 0 unspecified atom stereocenters. The molecular formula is C19H22ClN3O. The highest BCUT2D eigenvalue weighted by Gasteiger charge is 2.16. The molecule has 4 nitrogen and oxygen atoms in total. The number of amides is 1. The van der Waals surface area contributed by atoms with Crippen molar-refractivity contribution in [3.8, 4) is 0 Å². The van der Waals surface area contributed by atoms with Crippen molar-refractivity contribution in [1.82, 2.24) is 5.32 Å². The molecule has 1 fully saturated rings. The minimum Gasteiger partial charge on any atom is -0.326 e. The summed E-state index contributed by atoms with van der Waals surface area (Å²) in [6.07, 6.45) is 2.26. The molecule has 4 N–H and O–H groups in total. The van der Waals surface area contributed by atoms with Crippen LogP contribution in [0.3, 0.4) is 0 Å². The third kappa shape index (κ3) is 4.15. The second-order valence-corrected chi connectivity index (χ2v) is 6.59. The third-order valence-electron chi connectivity index (χ3n) is 4.41. The van der Waals surface area contributed by atoms with E-state index >= 15 is 0 Å². The molecule has 0 atom stereocenters. The zero-order valence-electron chi connectivity index (χ0n) is 13.5. The topological polar surface area (TPSA) is 67.2 Å². The molecule has 0 spiro atoms. The zero-order chi connectivity index (χ0) is 16.9. The fraction of sp³-hybridized carbons (Fsp3) is 0.316. The number of halogens is 1. The number of piperidine rings is 1. The van der Waals surface area contributed by atoms with Gasteiger partial charge in [-0.05, 0) is 73.3 Å². The van der Waals surface area contributed by atoms with Gasteiger partial charge < -0.3 is 16.4 Å². The van der Waals surface area contributed by atoms with Gasteiger partial charge in [0.2, 0.25) is 0 Å². The van der Waals surface area contributed by atoms with Crippen LogP contribution in [0.1, 0.15) is 40.2 Å². The highest BCUT2D eigenvalue weighted by atomic mass is 35.5. The quantitative estimate of drug-likeness (QED) is 0.795. The highest BCUT2D eigenvalue weighted by Crippen LogP contribution is 2.27. The van der Waals surface area contributed by atoms with E-state index in [2.05, 4.69) is 22.8 Å². The van der Waals surface area contributed by atoms with Crippen LogP contribution in [0, 0.1) is 0 Å². The molecule has 1 saturated heterocycles. The Morgan fingerprint density at radius 3 is 2.75 bits per heavy atom. The van der Waals surface area contributed by atoms with Crippen LogP contribution in [0.5, 0.6) is 0 Å². The molecule has 1 heterocycles. The summed E-state index contributed by atoms with van der Waals surface area (Å²) in [6, 6.07) is 13.3. The Labute approximate surface area is 147 Å². The average molecular weight is 344 g/mol. The Bertz CT molecular complexity index is 726. The first-order valence-corrected chi connectivity index (χ1v) is 8.65. The number of hydrogen-bond donors (Lipinski definition) is 3. The number of rotatable bonds is 4. The molecule has 1 amide bonds. The maximum Gasteiger partial charge on any atom is 0.255 e. The molecule has 5 heteroatoms. The number of benzene rings is 2. The van der Waals surface area contributed by atoms with Crippen LogP contribution in [0.15, 0.2) is 42.5 Å². The summed E-state index contributed by atoms with van der Waals surface area (Å²) >= 11 is 6.06. The van der Waals surface area contributed by atoms with E-state index in [1.54, 1.807) is 18.2 Å². The van der Waals surface area contributed by atoms with E-state index in [1.807, 2.05) is 12.1 Å². The van der Waals surface area contributed by atoms with Gasteiger partial charge in [0.25, 0.3) is 5.91 Å². The standard InChI is InChI=1S/C19H22ClN3O/c20-17-9-13(12-21)8-16(10-17)19(24)23-18-3-1-2-15(11-18)14-4-6-22-7-5-14/h1-3,8-11,14,22H,4-7,12,21H2,(H,23,24). The first-order chi connectivity index (χ1) is 11.7. The fourth-order valence-electron chi connectivity index (χ4n) is 3.13. The summed E-state index contributed by atoms with van der Waals surface area (Å²) in [5.41, 5.74) is 9.11. The van der Waals surface area contributed by atoms with Crippen LogP contribution in [0.2, 0.25) is 5.02 Å². The van der Waals surface area contributed by atoms with E-state index in [-0.39, 0.29) is 5.91 Å².